The Balaban J connectivity index is 1.87. The van der Waals surface area contributed by atoms with Crippen LogP contribution in [-0.4, -0.2) is 11.4 Å². The molecule has 3 aromatic rings. The molecule has 4 heterocycles. The third kappa shape index (κ3) is 2.15. The molecule has 2 N–H and O–H groups in total. The summed E-state index contributed by atoms with van der Waals surface area (Å²) in [4.78, 5) is 29.8. The fraction of sp³-hybridized carbons (Fsp3) is 0.222. The number of nitrogens with zero attached hydrogens (tertiary/aromatic N) is 2. The Morgan fingerprint density at radius 2 is 1.85 bits per heavy atom. The number of nitriles is 1. The van der Waals surface area contributed by atoms with Crippen LogP contribution in [0.3, 0.4) is 0 Å². The van der Waals surface area contributed by atoms with E-state index in [9.17, 15) is 14.9 Å². The molecule has 0 aliphatic carbocycles. The molecule has 0 bridgehead atoms. The van der Waals surface area contributed by atoms with E-state index in [0.29, 0.717) is 22.2 Å². The summed E-state index contributed by atoms with van der Waals surface area (Å²) in [7, 11) is 0. The number of carbonyl (C=O) groups excluding carboxylic acids is 1. The van der Waals surface area contributed by atoms with Crippen LogP contribution < -0.4 is 21.0 Å². The van der Waals surface area contributed by atoms with Crippen molar-refractivity contribution >= 4 is 28.1 Å². The molecule has 0 saturated carbocycles. The van der Waals surface area contributed by atoms with Crippen LogP contribution in [0.1, 0.15) is 43.0 Å². The molecule has 34 heavy (non-hydrogen) atoms. The minimum absolute atomic E-state index is 0.0161. The van der Waals surface area contributed by atoms with Crippen molar-refractivity contribution in [1.29, 1.82) is 5.26 Å². The molecule has 1 atom stereocenters. The van der Waals surface area contributed by atoms with Crippen LogP contribution in [-0.2, 0) is 10.2 Å². The second-order valence-electron chi connectivity index (χ2n) is 9.62. The maximum absolute atomic E-state index is 14.6. The third-order valence-corrected chi connectivity index (χ3v) is 7.06. The fourth-order valence-corrected chi connectivity index (χ4v) is 5.86. The number of anilines is 1. The van der Waals surface area contributed by atoms with Gasteiger partial charge in [-0.25, -0.2) is 4.79 Å². The molecule has 168 valence electrons. The molecule has 1 amide bonds. The second-order valence-corrected chi connectivity index (χ2v) is 9.62. The minimum Gasteiger partial charge on any atom is -0.439 e. The van der Waals surface area contributed by atoms with E-state index in [0.717, 1.165) is 16.7 Å². The predicted molar refractivity (Wildman–Crippen MR) is 127 cm³/mol. The Bertz CT molecular complexity index is 1650. The Morgan fingerprint density at radius 1 is 1.12 bits per heavy atom. The molecule has 0 radical (unpaired) electrons. The largest absolute Gasteiger partial charge is 0.439 e. The number of amides is 1. The van der Waals surface area contributed by atoms with Gasteiger partial charge in [-0.1, -0.05) is 29.8 Å². The Labute approximate surface area is 195 Å². The van der Waals surface area contributed by atoms with Gasteiger partial charge >= 0.3 is 5.63 Å². The molecule has 3 aliphatic heterocycles. The van der Waals surface area contributed by atoms with E-state index in [-0.39, 0.29) is 22.8 Å². The summed E-state index contributed by atoms with van der Waals surface area (Å²) in [5.41, 5.74) is 7.30. The van der Waals surface area contributed by atoms with Crippen molar-refractivity contribution < 1.29 is 13.9 Å². The zero-order valence-corrected chi connectivity index (χ0v) is 19.1. The molecular formula is C27H21N3O4. The van der Waals surface area contributed by atoms with Crippen LogP contribution in [0.2, 0.25) is 0 Å². The number of hydrogen-bond donors (Lipinski definition) is 1. The summed E-state index contributed by atoms with van der Waals surface area (Å²) in [6, 6.07) is 12.9. The number of hydrogen-bond acceptors (Lipinski definition) is 6. The number of allylic oxidation sites excluding steroid dienone is 1. The van der Waals surface area contributed by atoms with Crippen LogP contribution in [0.15, 0.2) is 63.1 Å². The average molecular weight is 451 g/mol. The number of fused-ring (bicyclic) bond motifs is 5. The fourth-order valence-electron chi connectivity index (χ4n) is 5.86. The number of rotatable bonds is 0. The number of benzene rings is 2. The van der Waals surface area contributed by atoms with Crippen LogP contribution in [0.25, 0.3) is 16.5 Å². The molecule has 1 spiro atoms. The monoisotopic (exact) mass is 451 g/mol. The van der Waals surface area contributed by atoms with E-state index in [4.69, 9.17) is 14.9 Å². The highest BCUT2D eigenvalue weighted by Crippen LogP contribution is 2.59. The van der Waals surface area contributed by atoms with E-state index >= 15 is 0 Å². The van der Waals surface area contributed by atoms with Crippen LogP contribution in [0, 0.1) is 18.3 Å². The number of carbonyl (C=O) groups is 1. The summed E-state index contributed by atoms with van der Waals surface area (Å²) in [6.07, 6.45) is 2.03. The lowest BCUT2D eigenvalue weighted by atomic mass is 9.68. The quantitative estimate of drug-likeness (QED) is 0.517. The maximum atomic E-state index is 14.6. The van der Waals surface area contributed by atoms with Gasteiger partial charge in [-0.15, -0.1) is 0 Å². The molecular weight excluding hydrogens is 430 g/mol. The number of ether oxygens (including phenoxy) is 1. The van der Waals surface area contributed by atoms with Crippen LogP contribution in [0.4, 0.5) is 5.69 Å². The van der Waals surface area contributed by atoms with Gasteiger partial charge in [0.25, 0.3) is 0 Å². The van der Waals surface area contributed by atoms with Crippen molar-refractivity contribution in [2.24, 2.45) is 5.73 Å². The van der Waals surface area contributed by atoms with Gasteiger partial charge in [0.1, 0.15) is 22.8 Å². The zero-order valence-electron chi connectivity index (χ0n) is 19.1. The molecule has 0 fully saturated rings. The highest BCUT2D eigenvalue weighted by Gasteiger charge is 2.64. The number of para-hydroxylation sites is 1. The molecule has 7 heteroatoms. The second kappa shape index (κ2) is 6.17. The predicted octanol–water partition coefficient (Wildman–Crippen LogP) is 4.02. The van der Waals surface area contributed by atoms with Crippen molar-refractivity contribution in [3.05, 3.63) is 86.6 Å². The van der Waals surface area contributed by atoms with E-state index in [1.54, 1.807) is 29.2 Å². The Morgan fingerprint density at radius 3 is 2.59 bits per heavy atom. The highest BCUT2D eigenvalue weighted by atomic mass is 16.5. The molecule has 0 unspecified atom stereocenters. The van der Waals surface area contributed by atoms with Gasteiger partial charge < -0.3 is 19.8 Å². The lowest BCUT2D eigenvalue weighted by Gasteiger charge is -2.40. The number of nitrogens with two attached hydrogens (primary N) is 1. The van der Waals surface area contributed by atoms with Gasteiger partial charge in [0.15, 0.2) is 11.2 Å². The van der Waals surface area contributed by atoms with E-state index < -0.39 is 22.5 Å². The average Bonchev–Trinajstić information content (AvgIpc) is 3.02. The first-order chi connectivity index (χ1) is 16.1. The van der Waals surface area contributed by atoms with Crippen LogP contribution >= 0.6 is 0 Å². The van der Waals surface area contributed by atoms with Crippen molar-refractivity contribution in [2.75, 3.05) is 4.90 Å². The standard InChI is InChI=1S/C27H21N3O4/c1-13-9-16-14(2)11-26(3,4)30-21(16)17(10-13)27(25(30)32)18(12-28)23(29)34-22-15-7-5-6-8-19(15)33-24(31)20(22)27/h5-11H,29H2,1-4H3/t27-/m0/s1. The summed E-state index contributed by atoms with van der Waals surface area (Å²) in [5.74, 6) is -0.472. The molecule has 2 aromatic carbocycles. The zero-order chi connectivity index (χ0) is 24.2. The van der Waals surface area contributed by atoms with Gasteiger partial charge in [-0.3, -0.25) is 4.79 Å². The van der Waals surface area contributed by atoms with E-state index in [1.165, 1.54) is 0 Å². The van der Waals surface area contributed by atoms with Crippen LogP contribution in [0.5, 0.6) is 5.75 Å². The smallest absolute Gasteiger partial charge is 0.345 e. The Hall–Kier alpha value is -4.31. The van der Waals surface area contributed by atoms with Crippen molar-refractivity contribution in [2.45, 2.75) is 38.6 Å². The molecule has 1 aromatic heterocycles. The van der Waals surface area contributed by atoms with Gasteiger partial charge in [0, 0.05) is 11.1 Å². The molecule has 0 saturated heterocycles. The highest BCUT2D eigenvalue weighted by molar-refractivity contribution is 6.18. The van der Waals surface area contributed by atoms with E-state index in [2.05, 4.69) is 6.07 Å². The Kier molecular flexibility index (Phi) is 3.69. The maximum Gasteiger partial charge on any atom is 0.345 e. The topological polar surface area (TPSA) is 110 Å². The van der Waals surface area contributed by atoms with Gasteiger partial charge in [-0.05, 0) is 51.5 Å². The third-order valence-electron chi connectivity index (χ3n) is 7.06. The first kappa shape index (κ1) is 20.3. The molecule has 7 nitrogen and oxygen atoms in total. The van der Waals surface area contributed by atoms with Crippen molar-refractivity contribution in [3.63, 3.8) is 0 Å². The van der Waals surface area contributed by atoms with Gasteiger partial charge in [-0.2, -0.15) is 5.26 Å². The molecule has 3 aliphatic rings. The number of aryl methyl sites for hydroxylation is 1. The summed E-state index contributed by atoms with van der Waals surface area (Å²) in [5, 5.41) is 10.8. The molecule has 6 rings (SSSR count). The first-order valence-corrected chi connectivity index (χ1v) is 11.0. The first-order valence-electron chi connectivity index (χ1n) is 11.0. The normalized spacial score (nSPS) is 21.8. The van der Waals surface area contributed by atoms with Gasteiger partial charge in [0.05, 0.1) is 16.6 Å². The van der Waals surface area contributed by atoms with Gasteiger partial charge in [0.2, 0.25) is 11.8 Å². The SMILES string of the molecule is CC1=CC(C)(C)N2C(=O)[C@]3(C(C#N)=C(N)Oc4c3c(=O)oc3ccccc43)c3cc(C)cc1c32. The van der Waals surface area contributed by atoms with Crippen molar-refractivity contribution in [1.82, 2.24) is 0 Å². The van der Waals surface area contributed by atoms with Crippen molar-refractivity contribution in [3.8, 4) is 11.8 Å². The summed E-state index contributed by atoms with van der Waals surface area (Å²) >= 11 is 0. The minimum atomic E-state index is -1.77. The summed E-state index contributed by atoms with van der Waals surface area (Å²) < 4.78 is 11.6. The lowest BCUT2D eigenvalue weighted by molar-refractivity contribution is -0.121. The summed E-state index contributed by atoms with van der Waals surface area (Å²) in [6.45, 7) is 7.79. The van der Waals surface area contributed by atoms with E-state index in [1.807, 2.05) is 45.9 Å². The lowest BCUT2D eigenvalue weighted by Crippen LogP contribution is -2.54.